The molecule has 5 nitrogen and oxygen atoms in total. The molecule has 1 aliphatic heterocycles. The summed E-state index contributed by atoms with van der Waals surface area (Å²) in [6.45, 7) is 6.88. The van der Waals surface area contributed by atoms with E-state index in [9.17, 15) is 0 Å². The topological polar surface area (TPSA) is 56.3 Å². The van der Waals surface area contributed by atoms with Crippen LogP contribution in [-0.4, -0.2) is 41.9 Å². The Balaban J connectivity index is 1.80. The number of aryl methyl sites for hydroxylation is 1. The van der Waals surface area contributed by atoms with Crippen molar-refractivity contribution < 1.29 is 4.74 Å². The zero-order chi connectivity index (χ0) is 14.2. The van der Waals surface area contributed by atoms with Crippen molar-refractivity contribution in [1.82, 2.24) is 9.55 Å². The highest BCUT2D eigenvalue weighted by molar-refractivity contribution is 5.31. The molecule has 114 valence electrons. The average Bonchev–Trinajstić information content (AvgIpc) is 2.94. The van der Waals surface area contributed by atoms with E-state index >= 15 is 0 Å². The van der Waals surface area contributed by atoms with Gasteiger partial charge in [-0.25, -0.2) is 4.98 Å². The number of imidazole rings is 1. The van der Waals surface area contributed by atoms with E-state index in [2.05, 4.69) is 27.6 Å². The van der Waals surface area contributed by atoms with Gasteiger partial charge in [-0.3, -0.25) is 0 Å². The van der Waals surface area contributed by atoms with E-state index in [1.165, 1.54) is 12.8 Å². The van der Waals surface area contributed by atoms with Crippen LogP contribution in [-0.2, 0) is 11.3 Å². The molecule has 0 aliphatic carbocycles. The van der Waals surface area contributed by atoms with Gasteiger partial charge in [-0.2, -0.15) is 0 Å². The lowest BCUT2D eigenvalue weighted by Gasteiger charge is -2.33. The van der Waals surface area contributed by atoms with Gasteiger partial charge in [0.1, 0.15) is 0 Å². The lowest BCUT2D eigenvalue weighted by molar-refractivity contribution is 0.0364. The predicted molar refractivity (Wildman–Crippen MR) is 82.0 cm³/mol. The minimum atomic E-state index is 0.400. The summed E-state index contributed by atoms with van der Waals surface area (Å²) in [5, 5.41) is 0. The summed E-state index contributed by atoms with van der Waals surface area (Å²) in [5.41, 5.74) is 5.49. The number of rotatable bonds is 8. The van der Waals surface area contributed by atoms with Gasteiger partial charge in [0.15, 0.2) is 0 Å². The van der Waals surface area contributed by atoms with Gasteiger partial charge in [0.25, 0.3) is 0 Å². The van der Waals surface area contributed by atoms with Crippen molar-refractivity contribution in [1.29, 1.82) is 0 Å². The molecule has 2 heterocycles. The maximum atomic E-state index is 5.85. The van der Waals surface area contributed by atoms with Gasteiger partial charge in [-0.15, -0.1) is 0 Å². The van der Waals surface area contributed by atoms with E-state index in [0.29, 0.717) is 12.6 Å². The monoisotopic (exact) mass is 280 g/mol. The summed E-state index contributed by atoms with van der Waals surface area (Å²) in [6, 6.07) is 0. The summed E-state index contributed by atoms with van der Waals surface area (Å²) in [5.74, 6) is 1.12. The van der Waals surface area contributed by atoms with Crippen LogP contribution in [0.25, 0.3) is 0 Å². The van der Waals surface area contributed by atoms with Crippen LogP contribution in [0.2, 0.25) is 0 Å². The van der Waals surface area contributed by atoms with E-state index in [0.717, 1.165) is 51.5 Å². The van der Waals surface area contributed by atoms with Crippen molar-refractivity contribution in [3.63, 3.8) is 0 Å². The first-order valence-corrected chi connectivity index (χ1v) is 7.93. The molecule has 0 aromatic carbocycles. The van der Waals surface area contributed by atoms with Gasteiger partial charge in [-0.1, -0.05) is 13.3 Å². The minimum absolute atomic E-state index is 0.400. The van der Waals surface area contributed by atoms with Crippen LogP contribution in [0.5, 0.6) is 0 Å². The largest absolute Gasteiger partial charge is 0.378 e. The van der Waals surface area contributed by atoms with Gasteiger partial charge in [0, 0.05) is 38.6 Å². The Morgan fingerprint density at radius 3 is 2.85 bits per heavy atom. The first kappa shape index (κ1) is 15.3. The molecule has 1 fully saturated rings. The molecule has 2 N–H and O–H groups in total. The smallest absolute Gasteiger partial charge is 0.205 e. The molecule has 1 aromatic rings. The molecule has 0 atom stereocenters. The molecule has 0 amide bonds. The maximum absolute atomic E-state index is 5.85. The Morgan fingerprint density at radius 2 is 2.15 bits per heavy atom. The molecule has 0 saturated carbocycles. The van der Waals surface area contributed by atoms with E-state index in [-0.39, 0.29) is 0 Å². The fourth-order valence-corrected chi connectivity index (χ4v) is 2.64. The van der Waals surface area contributed by atoms with Crippen LogP contribution < -0.4 is 10.6 Å². The molecule has 0 unspecified atom stereocenters. The summed E-state index contributed by atoms with van der Waals surface area (Å²) in [6.07, 6.45) is 9.97. The van der Waals surface area contributed by atoms with Crippen molar-refractivity contribution in [3.8, 4) is 0 Å². The number of nitrogens with two attached hydrogens (primary N) is 1. The normalized spacial score (nSPS) is 16.8. The van der Waals surface area contributed by atoms with Gasteiger partial charge < -0.3 is 19.9 Å². The van der Waals surface area contributed by atoms with E-state index in [1.54, 1.807) is 0 Å². The third-order valence-corrected chi connectivity index (χ3v) is 3.87. The highest BCUT2D eigenvalue weighted by Crippen LogP contribution is 2.20. The third-order valence-electron chi connectivity index (χ3n) is 3.87. The number of ether oxygens (including phenoxy) is 1. The van der Waals surface area contributed by atoms with E-state index < -0.39 is 0 Å². The fourth-order valence-electron chi connectivity index (χ4n) is 2.64. The highest BCUT2D eigenvalue weighted by Gasteiger charge is 2.22. The van der Waals surface area contributed by atoms with Gasteiger partial charge in [-0.05, 0) is 32.2 Å². The maximum Gasteiger partial charge on any atom is 0.205 e. The van der Waals surface area contributed by atoms with E-state index in [4.69, 9.17) is 10.5 Å². The van der Waals surface area contributed by atoms with Crippen molar-refractivity contribution in [2.75, 3.05) is 31.1 Å². The van der Waals surface area contributed by atoms with E-state index in [1.807, 2.05) is 6.20 Å². The molecular weight excluding hydrogens is 252 g/mol. The number of unbranched alkanes of at least 4 members (excludes halogenated alkanes) is 1. The number of aromatic nitrogens is 2. The first-order valence-electron chi connectivity index (χ1n) is 7.93. The summed E-state index contributed by atoms with van der Waals surface area (Å²) in [7, 11) is 0. The van der Waals surface area contributed by atoms with Crippen molar-refractivity contribution in [2.45, 2.75) is 51.7 Å². The van der Waals surface area contributed by atoms with Gasteiger partial charge in [0.05, 0.1) is 6.10 Å². The van der Waals surface area contributed by atoms with Crippen molar-refractivity contribution >= 4 is 5.95 Å². The zero-order valence-electron chi connectivity index (χ0n) is 12.6. The standard InChI is InChI=1S/C15H28N4O/c1-2-3-9-18-12-8-17-15(18)19-10-5-14(6-11-19)20-13-4-7-16/h8,12,14H,2-7,9-11,13,16H2,1H3. The van der Waals surface area contributed by atoms with Crippen LogP contribution in [0, 0.1) is 0 Å². The number of nitrogens with zero attached hydrogens (tertiary/aromatic N) is 3. The fraction of sp³-hybridized carbons (Fsp3) is 0.800. The lowest BCUT2D eigenvalue weighted by Crippen LogP contribution is -2.38. The van der Waals surface area contributed by atoms with Crippen LogP contribution in [0.4, 0.5) is 5.95 Å². The molecule has 20 heavy (non-hydrogen) atoms. The van der Waals surface area contributed by atoms with Crippen LogP contribution >= 0.6 is 0 Å². The van der Waals surface area contributed by atoms with Crippen LogP contribution in [0.1, 0.15) is 39.0 Å². The molecule has 2 rings (SSSR count). The Hall–Kier alpha value is -1.07. The van der Waals surface area contributed by atoms with Crippen molar-refractivity contribution in [2.24, 2.45) is 5.73 Å². The highest BCUT2D eigenvalue weighted by atomic mass is 16.5. The number of anilines is 1. The minimum Gasteiger partial charge on any atom is -0.378 e. The Kier molecular flexibility index (Phi) is 6.33. The molecule has 1 saturated heterocycles. The summed E-state index contributed by atoms with van der Waals surface area (Å²) in [4.78, 5) is 6.91. The number of piperidine rings is 1. The second-order valence-corrected chi connectivity index (χ2v) is 5.47. The average molecular weight is 280 g/mol. The molecular formula is C15H28N4O. The lowest BCUT2D eigenvalue weighted by atomic mass is 10.1. The molecule has 0 radical (unpaired) electrons. The molecule has 5 heteroatoms. The molecule has 1 aromatic heterocycles. The van der Waals surface area contributed by atoms with Crippen LogP contribution in [0.3, 0.4) is 0 Å². The SMILES string of the molecule is CCCCn1ccnc1N1CCC(OCCCN)CC1. The third kappa shape index (κ3) is 4.21. The Morgan fingerprint density at radius 1 is 1.35 bits per heavy atom. The van der Waals surface area contributed by atoms with Crippen LogP contribution in [0.15, 0.2) is 12.4 Å². The predicted octanol–water partition coefficient (Wildman–Crippen LogP) is 2.02. The van der Waals surface area contributed by atoms with Crippen molar-refractivity contribution in [3.05, 3.63) is 12.4 Å². The molecule has 1 aliphatic rings. The second kappa shape index (κ2) is 8.27. The quantitative estimate of drug-likeness (QED) is 0.740. The van der Waals surface area contributed by atoms with Gasteiger partial charge in [0.2, 0.25) is 5.95 Å². The number of hydrogen-bond donors (Lipinski definition) is 1. The number of hydrogen-bond acceptors (Lipinski definition) is 4. The first-order chi connectivity index (χ1) is 9.85. The summed E-state index contributed by atoms with van der Waals surface area (Å²) < 4.78 is 8.13. The molecule has 0 spiro atoms. The van der Waals surface area contributed by atoms with Gasteiger partial charge >= 0.3 is 0 Å². The Labute approximate surface area is 122 Å². The second-order valence-electron chi connectivity index (χ2n) is 5.47. The molecule has 0 bridgehead atoms. The zero-order valence-corrected chi connectivity index (χ0v) is 12.6. The Bertz CT molecular complexity index is 372. The summed E-state index contributed by atoms with van der Waals surface area (Å²) >= 11 is 0.